The SMILES string of the molecule is CCOc1ccc(N(CC(=O)N(Cc2ccc(C)cc2)[C@@H](Cc2ccccc2)C(=O)NC(C)(C)C)S(=O)(=O)c2ccc(Br)cc2)cc1. The van der Waals surface area contributed by atoms with Gasteiger partial charge in [-0.25, -0.2) is 8.42 Å². The molecule has 0 fully saturated rings. The van der Waals surface area contributed by atoms with E-state index in [0.29, 0.717) is 18.0 Å². The van der Waals surface area contributed by atoms with Gasteiger partial charge in [-0.05, 0) is 94.3 Å². The molecule has 0 aromatic heterocycles. The van der Waals surface area contributed by atoms with Gasteiger partial charge in [-0.3, -0.25) is 13.9 Å². The van der Waals surface area contributed by atoms with Crippen molar-refractivity contribution in [1.29, 1.82) is 0 Å². The highest BCUT2D eigenvalue weighted by atomic mass is 79.9. The predicted molar refractivity (Wildman–Crippen MR) is 190 cm³/mol. The van der Waals surface area contributed by atoms with Crippen LogP contribution in [0, 0.1) is 6.92 Å². The van der Waals surface area contributed by atoms with Gasteiger partial charge in [-0.2, -0.15) is 0 Å². The third-order valence-electron chi connectivity index (χ3n) is 7.36. The van der Waals surface area contributed by atoms with E-state index in [1.165, 1.54) is 17.0 Å². The number of ether oxygens (including phenoxy) is 1. The van der Waals surface area contributed by atoms with Gasteiger partial charge in [0.15, 0.2) is 0 Å². The third kappa shape index (κ3) is 9.92. The molecule has 0 saturated carbocycles. The van der Waals surface area contributed by atoms with E-state index >= 15 is 0 Å². The molecule has 4 rings (SSSR count). The number of carbonyl (C=O) groups excluding carboxylic acids is 2. The van der Waals surface area contributed by atoms with Crippen LogP contribution in [0.15, 0.2) is 112 Å². The maximum absolute atomic E-state index is 14.6. The number of nitrogens with one attached hydrogen (secondary N) is 1. The number of aryl methyl sites for hydroxylation is 1. The Kier molecular flexibility index (Phi) is 11.9. The molecular weight excluding hydrogens is 678 g/mol. The lowest BCUT2D eigenvalue weighted by Gasteiger charge is -2.35. The maximum atomic E-state index is 14.6. The van der Waals surface area contributed by atoms with Crippen LogP contribution in [-0.2, 0) is 32.6 Å². The highest BCUT2D eigenvalue weighted by Crippen LogP contribution is 2.28. The molecule has 47 heavy (non-hydrogen) atoms. The number of nitrogens with zero attached hydrogens (tertiary/aromatic N) is 2. The minimum absolute atomic E-state index is 0.0266. The first-order valence-corrected chi connectivity index (χ1v) is 17.7. The van der Waals surface area contributed by atoms with Crippen molar-refractivity contribution in [3.63, 3.8) is 0 Å². The molecule has 0 unspecified atom stereocenters. The van der Waals surface area contributed by atoms with Gasteiger partial charge in [0.1, 0.15) is 18.3 Å². The van der Waals surface area contributed by atoms with E-state index in [-0.39, 0.29) is 23.8 Å². The highest BCUT2D eigenvalue weighted by molar-refractivity contribution is 9.10. The van der Waals surface area contributed by atoms with E-state index in [0.717, 1.165) is 25.5 Å². The number of sulfonamides is 1. The fourth-order valence-electron chi connectivity index (χ4n) is 5.03. The average Bonchev–Trinajstić information content (AvgIpc) is 3.03. The van der Waals surface area contributed by atoms with E-state index in [1.807, 2.05) is 89.2 Å². The summed E-state index contributed by atoms with van der Waals surface area (Å²) in [5, 5.41) is 3.05. The number of rotatable bonds is 13. The second-order valence-corrected chi connectivity index (χ2v) is 15.1. The quantitative estimate of drug-likeness (QED) is 0.162. The summed E-state index contributed by atoms with van der Waals surface area (Å²) >= 11 is 3.37. The van der Waals surface area contributed by atoms with Crippen molar-refractivity contribution >= 4 is 43.5 Å². The molecule has 1 N–H and O–H groups in total. The van der Waals surface area contributed by atoms with Gasteiger partial charge in [0.05, 0.1) is 17.2 Å². The Morgan fingerprint density at radius 2 is 1.47 bits per heavy atom. The summed E-state index contributed by atoms with van der Waals surface area (Å²) in [7, 11) is -4.21. The second kappa shape index (κ2) is 15.6. The Labute approximate surface area is 286 Å². The number of carbonyl (C=O) groups is 2. The van der Waals surface area contributed by atoms with Crippen molar-refractivity contribution < 1.29 is 22.7 Å². The van der Waals surface area contributed by atoms with E-state index in [1.54, 1.807) is 36.4 Å². The summed E-state index contributed by atoms with van der Waals surface area (Å²) in [6.45, 7) is 9.51. The molecule has 2 amide bonds. The molecule has 0 heterocycles. The Morgan fingerprint density at radius 1 is 0.851 bits per heavy atom. The van der Waals surface area contributed by atoms with Gasteiger partial charge in [0.25, 0.3) is 10.0 Å². The fraction of sp³-hybridized carbons (Fsp3) is 0.297. The molecule has 0 spiro atoms. The average molecular weight is 721 g/mol. The van der Waals surface area contributed by atoms with Crippen molar-refractivity contribution in [1.82, 2.24) is 10.2 Å². The number of halogens is 1. The van der Waals surface area contributed by atoms with E-state index in [4.69, 9.17) is 4.74 Å². The molecule has 0 aliphatic heterocycles. The minimum atomic E-state index is -4.21. The molecule has 0 aliphatic rings. The van der Waals surface area contributed by atoms with E-state index in [9.17, 15) is 18.0 Å². The summed E-state index contributed by atoms with van der Waals surface area (Å²) < 4.78 is 35.8. The van der Waals surface area contributed by atoms with Crippen LogP contribution in [0.3, 0.4) is 0 Å². The molecular formula is C37H42BrN3O5S. The van der Waals surface area contributed by atoms with E-state index in [2.05, 4.69) is 21.2 Å². The molecule has 0 aliphatic carbocycles. The van der Waals surface area contributed by atoms with Gasteiger partial charge in [0.2, 0.25) is 11.8 Å². The molecule has 1 atom stereocenters. The largest absolute Gasteiger partial charge is 0.494 e. The fourth-order valence-corrected chi connectivity index (χ4v) is 6.71. The number of amides is 2. The van der Waals surface area contributed by atoms with Gasteiger partial charge >= 0.3 is 0 Å². The van der Waals surface area contributed by atoms with Crippen molar-refractivity contribution in [2.75, 3.05) is 17.5 Å². The van der Waals surface area contributed by atoms with Crippen LogP contribution >= 0.6 is 15.9 Å². The third-order valence-corrected chi connectivity index (χ3v) is 9.68. The van der Waals surface area contributed by atoms with Gasteiger partial charge in [-0.1, -0.05) is 76.1 Å². The Morgan fingerprint density at radius 3 is 2.04 bits per heavy atom. The van der Waals surface area contributed by atoms with Crippen molar-refractivity contribution in [3.05, 3.63) is 124 Å². The molecule has 4 aromatic rings. The summed E-state index contributed by atoms with van der Waals surface area (Å²) in [6, 6.07) is 29.1. The minimum Gasteiger partial charge on any atom is -0.494 e. The Bertz CT molecular complexity index is 1740. The monoisotopic (exact) mass is 719 g/mol. The molecule has 0 saturated heterocycles. The predicted octanol–water partition coefficient (Wildman–Crippen LogP) is 6.91. The Balaban J connectivity index is 1.81. The van der Waals surface area contributed by atoms with Crippen molar-refractivity contribution in [3.8, 4) is 5.75 Å². The number of hydrogen-bond acceptors (Lipinski definition) is 5. The first kappa shape index (κ1) is 35.7. The summed E-state index contributed by atoms with van der Waals surface area (Å²) in [4.78, 5) is 30.1. The summed E-state index contributed by atoms with van der Waals surface area (Å²) in [5.74, 6) is -0.276. The second-order valence-electron chi connectivity index (χ2n) is 12.3. The molecule has 4 aromatic carbocycles. The van der Waals surface area contributed by atoms with Crippen LogP contribution in [0.4, 0.5) is 5.69 Å². The van der Waals surface area contributed by atoms with Crippen LogP contribution in [0.2, 0.25) is 0 Å². The zero-order valence-electron chi connectivity index (χ0n) is 27.4. The standard InChI is InChI=1S/C37H42BrN3O5S/c1-6-46-32-20-18-31(19-21-32)41(47(44,45)33-22-16-30(38)17-23-33)26-35(42)40(25-29-14-12-27(2)13-15-29)34(36(43)39-37(3,4)5)24-28-10-8-7-9-11-28/h7-23,34H,6,24-26H2,1-5H3,(H,39,43)/t34-/m0/s1. The summed E-state index contributed by atoms with van der Waals surface area (Å²) in [5.41, 5.74) is 2.46. The molecule has 0 radical (unpaired) electrons. The number of benzene rings is 4. The lowest BCUT2D eigenvalue weighted by atomic mass is 10.0. The molecule has 8 nitrogen and oxygen atoms in total. The van der Waals surface area contributed by atoms with Gasteiger partial charge in [-0.15, -0.1) is 0 Å². The van der Waals surface area contributed by atoms with Crippen molar-refractivity contribution in [2.45, 2.75) is 64.1 Å². The Hall–Kier alpha value is -4.15. The summed E-state index contributed by atoms with van der Waals surface area (Å²) in [6.07, 6.45) is 0.239. The maximum Gasteiger partial charge on any atom is 0.264 e. The zero-order chi connectivity index (χ0) is 34.2. The smallest absolute Gasteiger partial charge is 0.264 e. The van der Waals surface area contributed by atoms with Crippen LogP contribution in [0.5, 0.6) is 5.75 Å². The van der Waals surface area contributed by atoms with E-state index < -0.39 is 34.1 Å². The van der Waals surface area contributed by atoms with Crippen molar-refractivity contribution in [2.24, 2.45) is 0 Å². The first-order chi connectivity index (χ1) is 22.3. The number of anilines is 1. The van der Waals surface area contributed by atoms with Crippen LogP contribution < -0.4 is 14.4 Å². The molecule has 0 bridgehead atoms. The van der Waals surface area contributed by atoms with Gasteiger partial charge < -0.3 is 15.0 Å². The first-order valence-electron chi connectivity index (χ1n) is 15.5. The topological polar surface area (TPSA) is 96.0 Å². The zero-order valence-corrected chi connectivity index (χ0v) is 29.8. The lowest BCUT2D eigenvalue weighted by molar-refractivity contribution is -0.140. The van der Waals surface area contributed by atoms with Crippen LogP contribution in [-0.4, -0.2) is 49.9 Å². The van der Waals surface area contributed by atoms with Crippen LogP contribution in [0.25, 0.3) is 0 Å². The normalized spacial score (nSPS) is 12.2. The molecule has 248 valence electrons. The van der Waals surface area contributed by atoms with Crippen LogP contribution in [0.1, 0.15) is 44.4 Å². The number of hydrogen-bond donors (Lipinski definition) is 1. The highest BCUT2D eigenvalue weighted by Gasteiger charge is 2.35. The van der Waals surface area contributed by atoms with Gasteiger partial charge in [0, 0.05) is 23.0 Å². The molecule has 10 heteroatoms. The lowest BCUT2D eigenvalue weighted by Crippen LogP contribution is -2.56.